The van der Waals surface area contributed by atoms with Gasteiger partial charge >= 0.3 is 0 Å². The molecule has 1 fully saturated rings. The van der Waals surface area contributed by atoms with Gasteiger partial charge in [-0.1, -0.05) is 54.6 Å². The van der Waals surface area contributed by atoms with Crippen LogP contribution in [-0.2, 0) is 24.4 Å². The number of carbonyl (C=O) groups excluding carboxylic acids is 1. The third-order valence-electron chi connectivity index (χ3n) is 5.16. The van der Waals surface area contributed by atoms with E-state index in [1.165, 1.54) is 11.9 Å². The SMILES string of the molecule is O=C(NCc1cccc(Cn2cncn2)c1)[C@H]1CCCN1Cc1ccccc1. The van der Waals surface area contributed by atoms with E-state index in [1.807, 2.05) is 30.3 Å². The Labute approximate surface area is 165 Å². The van der Waals surface area contributed by atoms with Crippen molar-refractivity contribution in [2.45, 2.75) is 38.5 Å². The Morgan fingerprint density at radius 3 is 2.68 bits per heavy atom. The van der Waals surface area contributed by atoms with Gasteiger partial charge in [0.15, 0.2) is 0 Å². The second kappa shape index (κ2) is 8.80. The van der Waals surface area contributed by atoms with Gasteiger partial charge in [-0.2, -0.15) is 5.10 Å². The Morgan fingerprint density at radius 2 is 1.86 bits per heavy atom. The van der Waals surface area contributed by atoms with Gasteiger partial charge in [-0.15, -0.1) is 0 Å². The number of benzene rings is 2. The summed E-state index contributed by atoms with van der Waals surface area (Å²) in [6.45, 7) is 3.02. The van der Waals surface area contributed by atoms with E-state index in [9.17, 15) is 4.79 Å². The molecule has 4 rings (SSSR count). The first kappa shape index (κ1) is 18.4. The smallest absolute Gasteiger partial charge is 0.237 e. The molecular weight excluding hydrogens is 350 g/mol. The second-order valence-electron chi connectivity index (χ2n) is 7.24. The van der Waals surface area contributed by atoms with Gasteiger partial charge in [-0.3, -0.25) is 9.69 Å². The Kier molecular flexibility index (Phi) is 5.77. The fourth-order valence-electron chi connectivity index (χ4n) is 3.78. The number of aromatic nitrogens is 3. The van der Waals surface area contributed by atoms with E-state index in [1.54, 1.807) is 11.0 Å². The van der Waals surface area contributed by atoms with Crippen LogP contribution in [-0.4, -0.2) is 38.2 Å². The normalized spacial score (nSPS) is 16.9. The van der Waals surface area contributed by atoms with E-state index in [-0.39, 0.29) is 11.9 Å². The molecule has 1 atom stereocenters. The summed E-state index contributed by atoms with van der Waals surface area (Å²) >= 11 is 0. The molecule has 0 aliphatic carbocycles. The quantitative estimate of drug-likeness (QED) is 0.690. The maximum atomic E-state index is 12.8. The highest BCUT2D eigenvalue weighted by atomic mass is 16.2. The average Bonchev–Trinajstić information content (AvgIpc) is 3.39. The van der Waals surface area contributed by atoms with Gasteiger partial charge in [0.05, 0.1) is 12.6 Å². The molecule has 1 saturated heterocycles. The van der Waals surface area contributed by atoms with E-state index >= 15 is 0 Å². The van der Waals surface area contributed by atoms with E-state index in [4.69, 9.17) is 0 Å². The monoisotopic (exact) mass is 375 g/mol. The number of likely N-dealkylation sites (tertiary alicyclic amines) is 1. The van der Waals surface area contributed by atoms with Crippen LogP contribution in [0.5, 0.6) is 0 Å². The minimum absolute atomic E-state index is 0.0430. The van der Waals surface area contributed by atoms with Crippen molar-refractivity contribution < 1.29 is 4.79 Å². The molecule has 0 spiro atoms. The Bertz CT molecular complexity index is 894. The molecule has 1 aliphatic heterocycles. The van der Waals surface area contributed by atoms with Crippen LogP contribution in [0.1, 0.15) is 29.5 Å². The number of hydrogen-bond donors (Lipinski definition) is 1. The van der Waals surface area contributed by atoms with Crippen LogP contribution in [0.4, 0.5) is 0 Å². The van der Waals surface area contributed by atoms with Crippen molar-refractivity contribution in [1.29, 1.82) is 0 Å². The molecule has 3 aromatic rings. The number of nitrogens with zero attached hydrogens (tertiary/aromatic N) is 4. The predicted octanol–water partition coefficient (Wildman–Crippen LogP) is 2.61. The maximum Gasteiger partial charge on any atom is 0.237 e. The summed E-state index contributed by atoms with van der Waals surface area (Å²) in [5, 5.41) is 7.27. The molecule has 6 heteroatoms. The first-order chi connectivity index (χ1) is 13.8. The van der Waals surface area contributed by atoms with Gasteiger partial charge < -0.3 is 5.32 Å². The molecule has 1 aromatic heterocycles. The van der Waals surface area contributed by atoms with Crippen molar-refractivity contribution in [1.82, 2.24) is 25.0 Å². The molecule has 1 aliphatic rings. The summed E-state index contributed by atoms with van der Waals surface area (Å²) in [7, 11) is 0. The van der Waals surface area contributed by atoms with Crippen LogP contribution in [0.15, 0.2) is 67.3 Å². The first-order valence-electron chi connectivity index (χ1n) is 9.74. The van der Waals surface area contributed by atoms with Crippen molar-refractivity contribution in [3.63, 3.8) is 0 Å². The summed E-state index contributed by atoms with van der Waals surface area (Å²) in [6.07, 6.45) is 5.23. The van der Waals surface area contributed by atoms with Crippen molar-refractivity contribution in [2.24, 2.45) is 0 Å². The van der Waals surface area contributed by atoms with Crippen molar-refractivity contribution in [3.8, 4) is 0 Å². The Morgan fingerprint density at radius 1 is 1.04 bits per heavy atom. The molecule has 1 N–H and O–H groups in total. The number of carbonyl (C=O) groups is 1. The van der Waals surface area contributed by atoms with Crippen molar-refractivity contribution in [2.75, 3.05) is 6.54 Å². The minimum atomic E-state index is -0.0430. The van der Waals surface area contributed by atoms with Crippen LogP contribution in [0.25, 0.3) is 0 Å². The average molecular weight is 375 g/mol. The predicted molar refractivity (Wildman–Crippen MR) is 107 cm³/mol. The largest absolute Gasteiger partial charge is 0.351 e. The van der Waals surface area contributed by atoms with Gasteiger partial charge in [0.2, 0.25) is 5.91 Å². The molecule has 0 saturated carbocycles. The van der Waals surface area contributed by atoms with Crippen LogP contribution in [0.2, 0.25) is 0 Å². The molecule has 0 bridgehead atoms. The minimum Gasteiger partial charge on any atom is -0.351 e. The topological polar surface area (TPSA) is 63.1 Å². The highest BCUT2D eigenvalue weighted by Gasteiger charge is 2.30. The molecule has 2 aromatic carbocycles. The van der Waals surface area contributed by atoms with Crippen LogP contribution in [0.3, 0.4) is 0 Å². The van der Waals surface area contributed by atoms with Crippen LogP contribution >= 0.6 is 0 Å². The standard InChI is InChI=1S/C22H25N5O/c28-22(21-10-5-11-26(21)14-18-6-2-1-3-7-18)24-13-19-8-4-9-20(12-19)15-27-17-23-16-25-27/h1-4,6-9,12,16-17,21H,5,10-11,13-15H2,(H,24,28)/t21-/m1/s1. The number of amides is 1. The fourth-order valence-corrected chi connectivity index (χ4v) is 3.78. The van der Waals surface area contributed by atoms with Gasteiger partial charge in [0.1, 0.15) is 12.7 Å². The van der Waals surface area contributed by atoms with Crippen molar-refractivity contribution >= 4 is 5.91 Å². The van der Waals surface area contributed by atoms with Gasteiger partial charge in [0.25, 0.3) is 0 Å². The van der Waals surface area contributed by atoms with E-state index in [0.717, 1.165) is 37.1 Å². The highest BCUT2D eigenvalue weighted by Crippen LogP contribution is 2.20. The third-order valence-corrected chi connectivity index (χ3v) is 5.16. The van der Waals surface area contributed by atoms with E-state index < -0.39 is 0 Å². The number of rotatable bonds is 7. The summed E-state index contributed by atoms with van der Waals surface area (Å²) in [4.78, 5) is 19.0. The highest BCUT2D eigenvalue weighted by molar-refractivity contribution is 5.82. The number of hydrogen-bond acceptors (Lipinski definition) is 4. The Hall–Kier alpha value is -2.99. The first-order valence-corrected chi connectivity index (χ1v) is 9.74. The molecule has 28 heavy (non-hydrogen) atoms. The molecular formula is C22H25N5O. The van der Waals surface area contributed by atoms with Crippen LogP contribution < -0.4 is 5.32 Å². The maximum absolute atomic E-state index is 12.8. The fraction of sp³-hybridized carbons (Fsp3) is 0.318. The Balaban J connectivity index is 1.33. The van der Waals surface area contributed by atoms with Crippen molar-refractivity contribution in [3.05, 3.63) is 83.9 Å². The lowest BCUT2D eigenvalue weighted by Gasteiger charge is -2.23. The lowest BCUT2D eigenvalue weighted by molar-refractivity contribution is -0.125. The molecule has 1 amide bonds. The van der Waals surface area contributed by atoms with E-state index in [0.29, 0.717) is 13.1 Å². The zero-order valence-corrected chi connectivity index (χ0v) is 15.9. The molecule has 2 heterocycles. The molecule has 144 valence electrons. The zero-order chi connectivity index (χ0) is 19.2. The summed E-state index contributed by atoms with van der Waals surface area (Å²) in [5.74, 6) is 0.120. The van der Waals surface area contributed by atoms with Gasteiger partial charge in [-0.25, -0.2) is 9.67 Å². The molecule has 0 unspecified atom stereocenters. The number of nitrogens with one attached hydrogen (secondary N) is 1. The van der Waals surface area contributed by atoms with Crippen LogP contribution in [0, 0.1) is 0 Å². The third kappa shape index (κ3) is 4.64. The zero-order valence-electron chi connectivity index (χ0n) is 15.9. The van der Waals surface area contributed by atoms with Gasteiger partial charge in [-0.05, 0) is 36.1 Å². The lowest BCUT2D eigenvalue weighted by atomic mass is 10.1. The summed E-state index contributed by atoms with van der Waals surface area (Å²) in [6, 6.07) is 18.5. The second-order valence-corrected chi connectivity index (χ2v) is 7.24. The van der Waals surface area contributed by atoms with E-state index in [2.05, 4.69) is 44.6 Å². The summed E-state index contributed by atoms with van der Waals surface area (Å²) < 4.78 is 1.79. The van der Waals surface area contributed by atoms with Gasteiger partial charge in [0, 0.05) is 13.1 Å². The molecule has 0 radical (unpaired) electrons. The lowest BCUT2D eigenvalue weighted by Crippen LogP contribution is -2.42. The summed E-state index contributed by atoms with van der Waals surface area (Å²) in [5.41, 5.74) is 3.49. The molecule has 6 nitrogen and oxygen atoms in total.